The summed E-state index contributed by atoms with van der Waals surface area (Å²) in [7, 11) is 0. The smallest absolute Gasteiger partial charge is 0.0702 e. The second kappa shape index (κ2) is 3.30. The molecule has 3 rings (SSSR count). The van der Waals surface area contributed by atoms with Gasteiger partial charge in [0.1, 0.15) is 0 Å². The van der Waals surface area contributed by atoms with Crippen LogP contribution in [0.1, 0.15) is 25.8 Å². The van der Waals surface area contributed by atoms with Gasteiger partial charge in [-0.25, -0.2) is 0 Å². The average molecular weight is 227 g/mol. The zero-order chi connectivity index (χ0) is 12.1. The Hall–Kier alpha value is -1.41. The summed E-state index contributed by atoms with van der Waals surface area (Å²) in [5.41, 5.74) is 2.42. The van der Waals surface area contributed by atoms with Gasteiger partial charge in [-0.2, -0.15) is 0 Å². The van der Waals surface area contributed by atoms with E-state index >= 15 is 0 Å². The molecule has 1 aromatic carbocycles. The minimum absolute atomic E-state index is 0.0446. The Bertz CT molecular complexity index is 576. The van der Waals surface area contributed by atoms with E-state index < -0.39 is 0 Å². The third-order valence-corrected chi connectivity index (χ3v) is 4.34. The summed E-state index contributed by atoms with van der Waals surface area (Å²) in [6.45, 7) is 4.67. The Morgan fingerprint density at radius 1 is 1.29 bits per heavy atom. The predicted octanol–water partition coefficient (Wildman–Crippen LogP) is 2.89. The van der Waals surface area contributed by atoms with Crippen molar-refractivity contribution in [2.75, 3.05) is 6.61 Å². The Kier molecular flexibility index (Phi) is 2.08. The van der Waals surface area contributed by atoms with Crippen molar-refractivity contribution >= 4 is 10.9 Å². The van der Waals surface area contributed by atoms with Crippen molar-refractivity contribution < 1.29 is 5.11 Å². The Balaban J connectivity index is 2.13. The van der Waals surface area contributed by atoms with Gasteiger partial charge < -0.3 is 5.11 Å². The van der Waals surface area contributed by atoms with Crippen LogP contribution in [0.2, 0.25) is 0 Å². The first-order valence-electron chi connectivity index (χ1n) is 6.05. The average Bonchev–Trinajstić information content (AvgIpc) is 2.92. The zero-order valence-electron chi connectivity index (χ0n) is 10.3. The molecule has 1 heterocycles. The van der Waals surface area contributed by atoms with Crippen LogP contribution in [0.4, 0.5) is 0 Å². The van der Waals surface area contributed by atoms with Crippen LogP contribution in [0.25, 0.3) is 10.9 Å². The molecular weight excluding hydrogens is 210 g/mol. The molecule has 0 aliphatic heterocycles. The van der Waals surface area contributed by atoms with E-state index in [9.17, 15) is 5.11 Å². The topological polar surface area (TPSA) is 33.1 Å². The van der Waals surface area contributed by atoms with E-state index in [4.69, 9.17) is 0 Å². The number of pyridine rings is 1. The maximum atomic E-state index is 9.70. The Morgan fingerprint density at radius 2 is 2.06 bits per heavy atom. The van der Waals surface area contributed by atoms with E-state index in [2.05, 4.69) is 43.1 Å². The van der Waals surface area contributed by atoms with E-state index in [1.807, 2.05) is 12.3 Å². The van der Waals surface area contributed by atoms with Crippen molar-refractivity contribution in [3.63, 3.8) is 0 Å². The van der Waals surface area contributed by atoms with Gasteiger partial charge >= 0.3 is 0 Å². The van der Waals surface area contributed by atoms with E-state index in [1.54, 1.807) is 0 Å². The molecule has 2 aromatic rings. The Morgan fingerprint density at radius 3 is 2.71 bits per heavy atom. The SMILES string of the molecule is CC1(C)CC1(CO)c1ccc2ncccc2c1. The van der Waals surface area contributed by atoms with E-state index in [1.165, 1.54) is 5.56 Å². The highest BCUT2D eigenvalue weighted by atomic mass is 16.3. The zero-order valence-corrected chi connectivity index (χ0v) is 10.3. The molecule has 1 saturated carbocycles. The van der Waals surface area contributed by atoms with Crippen molar-refractivity contribution in [2.45, 2.75) is 25.7 Å². The third-order valence-electron chi connectivity index (χ3n) is 4.34. The molecule has 0 saturated heterocycles. The molecule has 0 bridgehead atoms. The number of fused-ring (bicyclic) bond motifs is 1. The van der Waals surface area contributed by atoms with Crippen LogP contribution >= 0.6 is 0 Å². The molecule has 0 spiro atoms. The summed E-state index contributed by atoms with van der Waals surface area (Å²) in [6, 6.07) is 10.4. The molecule has 1 atom stereocenters. The lowest BCUT2D eigenvalue weighted by Gasteiger charge is -2.18. The minimum atomic E-state index is -0.0446. The highest BCUT2D eigenvalue weighted by Crippen LogP contribution is 2.64. The van der Waals surface area contributed by atoms with Crippen LogP contribution in [0, 0.1) is 5.41 Å². The number of aliphatic hydroxyl groups is 1. The second-order valence-corrected chi connectivity index (χ2v) is 5.71. The van der Waals surface area contributed by atoms with E-state index in [0.29, 0.717) is 0 Å². The molecule has 1 fully saturated rings. The van der Waals surface area contributed by atoms with Crippen LogP contribution in [0.15, 0.2) is 36.5 Å². The largest absolute Gasteiger partial charge is 0.395 e. The molecule has 1 unspecified atom stereocenters. The number of hydrogen-bond acceptors (Lipinski definition) is 2. The second-order valence-electron chi connectivity index (χ2n) is 5.71. The molecule has 1 aliphatic rings. The molecule has 0 radical (unpaired) electrons. The number of benzene rings is 1. The first-order chi connectivity index (χ1) is 8.09. The van der Waals surface area contributed by atoms with Gasteiger partial charge in [-0.3, -0.25) is 4.98 Å². The van der Waals surface area contributed by atoms with Crippen molar-refractivity contribution in [3.8, 4) is 0 Å². The summed E-state index contributed by atoms with van der Waals surface area (Å²) in [5.74, 6) is 0. The fourth-order valence-electron chi connectivity index (χ4n) is 2.94. The van der Waals surface area contributed by atoms with Gasteiger partial charge in [-0.05, 0) is 35.6 Å². The van der Waals surface area contributed by atoms with Gasteiger partial charge in [0.05, 0.1) is 12.1 Å². The molecule has 2 heteroatoms. The summed E-state index contributed by atoms with van der Waals surface area (Å²) in [4.78, 5) is 4.32. The van der Waals surface area contributed by atoms with E-state index in [0.717, 1.165) is 17.3 Å². The molecule has 17 heavy (non-hydrogen) atoms. The number of aliphatic hydroxyl groups excluding tert-OH is 1. The summed E-state index contributed by atoms with van der Waals surface area (Å²) < 4.78 is 0. The third kappa shape index (κ3) is 1.40. The highest BCUT2D eigenvalue weighted by Gasteiger charge is 2.61. The fraction of sp³-hybridized carbons (Fsp3) is 0.400. The molecule has 1 aliphatic carbocycles. The standard InChI is InChI=1S/C15H17NO/c1-14(2)9-15(14,10-17)12-5-6-13-11(8-12)4-3-7-16-13/h3-8,17H,9-10H2,1-2H3. The summed E-state index contributed by atoms with van der Waals surface area (Å²) in [5, 5.41) is 10.9. The lowest BCUT2D eigenvalue weighted by atomic mass is 9.88. The highest BCUT2D eigenvalue weighted by molar-refractivity contribution is 5.79. The monoisotopic (exact) mass is 227 g/mol. The first kappa shape index (κ1) is 10.7. The van der Waals surface area contributed by atoms with Gasteiger partial charge in [0.25, 0.3) is 0 Å². The van der Waals surface area contributed by atoms with Crippen molar-refractivity contribution in [1.82, 2.24) is 4.98 Å². The summed E-state index contributed by atoms with van der Waals surface area (Å²) >= 11 is 0. The van der Waals surface area contributed by atoms with Crippen LogP contribution in [-0.4, -0.2) is 16.7 Å². The lowest BCUT2D eigenvalue weighted by Crippen LogP contribution is -2.19. The maximum absolute atomic E-state index is 9.70. The normalized spacial score (nSPS) is 26.1. The number of nitrogens with zero attached hydrogens (tertiary/aromatic N) is 1. The molecule has 1 N–H and O–H groups in total. The van der Waals surface area contributed by atoms with Crippen LogP contribution in [-0.2, 0) is 5.41 Å². The van der Waals surface area contributed by atoms with Gasteiger partial charge in [-0.15, -0.1) is 0 Å². The van der Waals surface area contributed by atoms with Gasteiger partial charge in [0, 0.05) is 17.0 Å². The minimum Gasteiger partial charge on any atom is -0.395 e. The summed E-state index contributed by atoms with van der Waals surface area (Å²) in [6.07, 6.45) is 2.87. The van der Waals surface area contributed by atoms with Crippen LogP contribution < -0.4 is 0 Å². The van der Waals surface area contributed by atoms with Gasteiger partial charge in [-0.1, -0.05) is 26.0 Å². The molecule has 0 amide bonds. The van der Waals surface area contributed by atoms with Crippen molar-refractivity contribution in [2.24, 2.45) is 5.41 Å². The van der Waals surface area contributed by atoms with Crippen LogP contribution in [0.5, 0.6) is 0 Å². The quantitative estimate of drug-likeness (QED) is 0.855. The lowest BCUT2D eigenvalue weighted by molar-refractivity contribution is 0.231. The number of aromatic nitrogens is 1. The fourth-order valence-corrected chi connectivity index (χ4v) is 2.94. The van der Waals surface area contributed by atoms with Crippen LogP contribution in [0.3, 0.4) is 0 Å². The maximum Gasteiger partial charge on any atom is 0.0702 e. The molecule has 88 valence electrons. The molecular formula is C15H17NO. The van der Waals surface area contributed by atoms with Crippen molar-refractivity contribution in [1.29, 1.82) is 0 Å². The molecule has 2 nitrogen and oxygen atoms in total. The first-order valence-corrected chi connectivity index (χ1v) is 6.05. The Labute approximate surface area is 101 Å². The van der Waals surface area contributed by atoms with E-state index in [-0.39, 0.29) is 17.4 Å². The number of hydrogen-bond donors (Lipinski definition) is 1. The van der Waals surface area contributed by atoms with Crippen molar-refractivity contribution in [3.05, 3.63) is 42.1 Å². The van der Waals surface area contributed by atoms with Gasteiger partial charge in [0.15, 0.2) is 0 Å². The van der Waals surface area contributed by atoms with Gasteiger partial charge in [0.2, 0.25) is 0 Å². The number of rotatable bonds is 2. The predicted molar refractivity (Wildman–Crippen MR) is 68.9 cm³/mol. The molecule has 1 aromatic heterocycles.